The molecule has 1 heterocycles. The average molecular weight is 308 g/mol. The molecule has 2 aliphatic rings. The molecule has 0 aromatic heterocycles. The number of benzene rings is 1. The van der Waals surface area contributed by atoms with Crippen LogP contribution in [0.4, 0.5) is 4.39 Å². The van der Waals surface area contributed by atoms with Crippen LogP contribution in [0.15, 0.2) is 18.2 Å². The van der Waals surface area contributed by atoms with Gasteiger partial charge in [-0.15, -0.1) is 0 Å². The minimum absolute atomic E-state index is 0.0549. The molecule has 122 valence electrons. The molecule has 1 aliphatic heterocycles. The van der Waals surface area contributed by atoms with Crippen LogP contribution in [0.1, 0.15) is 30.4 Å². The smallest absolute Gasteiger partial charge is 0.127 e. The van der Waals surface area contributed by atoms with Crippen LogP contribution >= 0.6 is 0 Å². The number of piperazine rings is 1. The molecule has 1 aliphatic carbocycles. The maximum atomic E-state index is 13.9. The van der Waals surface area contributed by atoms with E-state index in [1.54, 1.807) is 12.1 Å². The first-order valence-corrected chi connectivity index (χ1v) is 8.20. The van der Waals surface area contributed by atoms with Gasteiger partial charge >= 0.3 is 0 Å². The SMILES string of the molecule is OCc1ccc(F)c(CN2CCN(C3CCCC3O)CC2)c1. The summed E-state index contributed by atoms with van der Waals surface area (Å²) in [6, 6.07) is 5.13. The summed E-state index contributed by atoms with van der Waals surface area (Å²) in [4.78, 5) is 4.63. The number of hydrogen-bond donors (Lipinski definition) is 2. The van der Waals surface area contributed by atoms with E-state index < -0.39 is 0 Å². The molecule has 0 bridgehead atoms. The highest BCUT2D eigenvalue weighted by atomic mass is 19.1. The van der Waals surface area contributed by atoms with E-state index in [1.807, 2.05) is 0 Å². The lowest BCUT2D eigenvalue weighted by Gasteiger charge is -2.39. The molecule has 5 heteroatoms. The average Bonchev–Trinajstić information content (AvgIpc) is 2.96. The van der Waals surface area contributed by atoms with E-state index >= 15 is 0 Å². The van der Waals surface area contributed by atoms with E-state index in [2.05, 4.69) is 9.80 Å². The van der Waals surface area contributed by atoms with Crippen LogP contribution in [0.3, 0.4) is 0 Å². The minimum Gasteiger partial charge on any atom is -0.392 e. The van der Waals surface area contributed by atoms with Crippen molar-refractivity contribution >= 4 is 0 Å². The first kappa shape index (κ1) is 15.9. The van der Waals surface area contributed by atoms with E-state index in [0.29, 0.717) is 18.2 Å². The van der Waals surface area contributed by atoms with Crippen LogP contribution in [-0.2, 0) is 13.2 Å². The summed E-state index contributed by atoms with van der Waals surface area (Å²) in [6.45, 7) is 4.19. The number of aliphatic hydroxyl groups is 2. The summed E-state index contributed by atoms with van der Waals surface area (Å²) in [7, 11) is 0. The lowest BCUT2D eigenvalue weighted by atomic mass is 10.1. The van der Waals surface area contributed by atoms with E-state index in [0.717, 1.165) is 51.0 Å². The van der Waals surface area contributed by atoms with E-state index in [1.165, 1.54) is 6.07 Å². The number of hydrogen-bond acceptors (Lipinski definition) is 4. The Hall–Kier alpha value is -1.01. The van der Waals surface area contributed by atoms with Gasteiger partial charge in [-0.2, -0.15) is 0 Å². The van der Waals surface area contributed by atoms with Crippen LogP contribution in [0.2, 0.25) is 0 Å². The first-order chi connectivity index (χ1) is 10.7. The highest BCUT2D eigenvalue weighted by molar-refractivity contribution is 5.24. The van der Waals surface area contributed by atoms with Crippen molar-refractivity contribution in [2.75, 3.05) is 26.2 Å². The number of rotatable bonds is 4. The van der Waals surface area contributed by atoms with Gasteiger partial charge in [0.1, 0.15) is 5.82 Å². The van der Waals surface area contributed by atoms with E-state index in [9.17, 15) is 14.6 Å². The number of halogens is 1. The van der Waals surface area contributed by atoms with Gasteiger partial charge < -0.3 is 10.2 Å². The zero-order valence-corrected chi connectivity index (χ0v) is 12.9. The molecule has 0 spiro atoms. The molecule has 2 atom stereocenters. The second-order valence-electron chi connectivity index (χ2n) is 6.46. The Morgan fingerprint density at radius 2 is 1.91 bits per heavy atom. The second kappa shape index (κ2) is 7.04. The lowest BCUT2D eigenvalue weighted by Crippen LogP contribution is -2.52. The van der Waals surface area contributed by atoms with Crippen molar-refractivity contribution in [3.8, 4) is 0 Å². The fourth-order valence-electron chi connectivity index (χ4n) is 3.69. The monoisotopic (exact) mass is 308 g/mol. The van der Waals surface area contributed by atoms with Gasteiger partial charge in [0.05, 0.1) is 12.7 Å². The Labute approximate surface area is 131 Å². The predicted molar refractivity (Wildman–Crippen MR) is 82.8 cm³/mol. The van der Waals surface area contributed by atoms with Crippen molar-refractivity contribution in [3.63, 3.8) is 0 Å². The predicted octanol–water partition coefficient (Wildman–Crippen LogP) is 1.35. The summed E-state index contributed by atoms with van der Waals surface area (Å²) in [5, 5.41) is 19.2. The molecule has 22 heavy (non-hydrogen) atoms. The zero-order valence-electron chi connectivity index (χ0n) is 12.9. The number of nitrogens with zero attached hydrogens (tertiary/aromatic N) is 2. The molecule has 2 fully saturated rings. The Balaban J connectivity index is 1.56. The molecule has 1 aromatic rings. The molecule has 1 saturated heterocycles. The third-order valence-electron chi connectivity index (χ3n) is 5.01. The maximum Gasteiger partial charge on any atom is 0.127 e. The quantitative estimate of drug-likeness (QED) is 0.881. The summed E-state index contributed by atoms with van der Waals surface area (Å²) < 4.78 is 13.9. The van der Waals surface area contributed by atoms with Gasteiger partial charge in [-0.3, -0.25) is 9.80 Å². The van der Waals surface area contributed by atoms with Crippen molar-refractivity contribution in [1.82, 2.24) is 9.80 Å². The van der Waals surface area contributed by atoms with E-state index in [-0.39, 0.29) is 18.5 Å². The molecule has 2 unspecified atom stereocenters. The van der Waals surface area contributed by atoms with Crippen LogP contribution in [0, 0.1) is 5.82 Å². The van der Waals surface area contributed by atoms with E-state index in [4.69, 9.17) is 0 Å². The van der Waals surface area contributed by atoms with Gasteiger partial charge in [-0.05, 0) is 37.0 Å². The highest BCUT2D eigenvalue weighted by Gasteiger charge is 2.32. The molecule has 3 rings (SSSR count). The molecular weight excluding hydrogens is 283 g/mol. The Kier molecular flexibility index (Phi) is 5.08. The van der Waals surface area contributed by atoms with Crippen molar-refractivity contribution in [1.29, 1.82) is 0 Å². The molecule has 2 N–H and O–H groups in total. The third-order valence-corrected chi connectivity index (χ3v) is 5.01. The second-order valence-corrected chi connectivity index (χ2v) is 6.46. The molecule has 4 nitrogen and oxygen atoms in total. The summed E-state index contributed by atoms with van der Waals surface area (Å²) in [6.07, 6.45) is 2.95. The highest BCUT2D eigenvalue weighted by Crippen LogP contribution is 2.25. The zero-order chi connectivity index (χ0) is 15.5. The molecular formula is C17H25FN2O2. The summed E-state index contributed by atoms with van der Waals surface area (Å²) >= 11 is 0. The lowest BCUT2D eigenvalue weighted by molar-refractivity contribution is 0.0333. The number of aliphatic hydroxyl groups excluding tert-OH is 2. The summed E-state index contributed by atoms with van der Waals surface area (Å²) in [5.74, 6) is -0.203. The third kappa shape index (κ3) is 3.49. The summed E-state index contributed by atoms with van der Waals surface area (Å²) in [5.41, 5.74) is 1.41. The normalized spacial score (nSPS) is 27.4. The van der Waals surface area contributed by atoms with Crippen LogP contribution < -0.4 is 0 Å². The van der Waals surface area contributed by atoms with Gasteiger partial charge in [0.2, 0.25) is 0 Å². The Bertz CT molecular complexity index is 503. The molecule has 1 saturated carbocycles. The molecule has 1 aromatic carbocycles. The first-order valence-electron chi connectivity index (χ1n) is 8.20. The van der Waals surface area contributed by atoms with Gasteiger partial charge in [0, 0.05) is 44.3 Å². The van der Waals surface area contributed by atoms with Gasteiger partial charge in [0.15, 0.2) is 0 Å². The van der Waals surface area contributed by atoms with Gasteiger partial charge in [0.25, 0.3) is 0 Å². The Morgan fingerprint density at radius 3 is 2.55 bits per heavy atom. The largest absolute Gasteiger partial charge is 0.392 e. The molecule has 0 radical (unpaired) electrons. The van der Waals surface area contributed by atoms with Crippen molar-refractivity contribution in [2.24, 2.45) is 0 Å². The van der Waals surface area contributed by atoms with Crippen LogP contribution in [0.25, 0.3) is 0 Å². The minimum atomic E-state index is -0.203. The van der Waals surface area contributed by atoms with Gasteiger partial charge in [-0.25, -0.2) is 4.39 Å². The topological polar surface area (TPSA) is 46.9 Å². The van der Waals surface area contributed by atoms with Crippen molar-refractivity contribution in [3.05, 3.63) is 35.1 Å². The fourth-order valence-corrected chi connectivity index (χ4v) is 3.69. The molecule has 0 amide bonds. The van der Waals surface area contributed by atoms with Crippen LogP contribution in [-0.4, -0.2) is 58.3 Å². The van der Waals surface area contributed by atoms with Crippen molar-refractivity contribution < 1.29 is 14.6 Å². The fraction of sp³-hybridized carbons (Fsp3) is 0.647. The van der Waals surface area contributed by atoms with Crippen molar-refractivity contribution in [2.45, 2.75) is 44.6 Å². The van der Waals surface area contributed by atoms with Gasteiger partial charge in [-0.1, -0.05) is 6.07 Å². The maximum absolute atomic E-state index is 13.9. The Morgan fingerprint density at radius 1 is 1.14 bits per heavy atom. The standard InChI is InChI=1S/C17H25FN2O2/c18-15-5-4-13(12-21)10-14(15)11-19-6-8-20(9-7-19)16-2-1-3-17(16)22/h4-5,10,16-17,21-22H,1-3,6-9,11-12H2. The van der Waals surface area contributed by atoms with Crippen LogP contribution in [0.5, 0.6) is 0 Å².